The molecule has 0 N–H and O–H groups in total. The highest BCUT2D eigenvalue weighted by atomic mass is 16.5. The van der Waals surface area contributed by atoms with Crippen molar-refractivity contribution >= 4 is 0 Å². The fourth-order valence-electron chi connectivity index (χ4n) is 3.30. The molecule has 2 aromatic heterocycles. The van der Waals surface area contributed by atoms with Gasteiger partial charge >= 0.3 is 0 Å². The summed E-state index contributed by atoms with van der Waals surface area (Å²) in [4.78, 5) is 8.67. The Labute approximate surface area is 135 Å². The maximum atomic E-state index is 5.79. The summed E-state index contributed by atoms with van der Waals surface area (Å²) in [6.45, 7) is 1.53. The van der Waals surface area contributed by atoms with Crippen molar-refractivity contribution in [1.82, 2.24) is 14.5 Å². The minimum atomic E-state index is 0.320. The smallest absolute Gasteiger partial charge is 0.140 e. The molecule has 0 bridgehead atoms. The van der Waals surface area contributed by atoms with Gasteiger partial charge < -0.3 is 9.30 Å². The highest BCUT2D eigenvalue weighted by Gasteiger charge is 2.31. The van der Waals surface area contributed by atoms with Crippen molar-refractivity contribution in [1.29, 1.82) is 0 Å². The van der Waals surface area contributed by atoms with Crippen LogP contribution in [-0.4, -0.2) is 27.7 Å². The number of aromatic nitrogens is 3. The molecule has 1 saturated heterocycles. The minimum Gasteiger partial charge on any atom is -0.379 e. The molecule has 4 nitrogen and oxygen atoms in total. The van der Waals surface area contributed by atoms with Gasteiger partial charge in [-0.2, -0.15) is 0 Å². The fourth-order valence-corrected chi connectivity index (χ4v) is 3.30. The molecule has 2 atom stereocenters. The van der Waals surface area contributed by atoms with Gasteiger partial charge in [-0.15, -0.1) is 0 Å². The molecule has 4 rings (SSSR count). The molecule has 23 heavy (non-hydrogen) atoms. The van der Waals surface area contributed by atoms with Crippen LogP contribution < -0.4 is 0 Å². The standard InChI is InChI=1S/C19H19N3O/c1-2-4-16(5-3-1)19-21-10-11-22(19)18-14-23-13-17(18)12-15-6-8-20-9-7-15/h1-11,17-18H,12-14H2/t17-,18-/m1/s1. The number of ether oxygens (including phenoxy) is 1. The Bertz CT molecular complexity index is 755. The molecule has 1 aliphatic rings. The summed E-state index contributed by atoms with van der Waals surface area (Å²) in [6, 6.07) is 14.8. The normalized spacial score (nSPS) is 20.7. The van der Waals surface area contributed by atoms with Crippen molar-refractivity contribution in [2.45, 2.75) is 12.5 Å². The Morgan fingerprint density at radius 2 is 1.83 bits per heavy atom. The van der Waals surface area contributed by atoms with E-state index in [1.807, 2.05) is 36.8 Å². The zero-order valence-electron chi connectivity index (χ0n) is 12.9. The summed E-state index contributed by atoms with van der Waals surface area (Å²) in [5.41, 5.74) is 2.45. The van der Waals surface area contributed by atoms with Gasteiger partial charge in [-0.25, -0.2) is 4.98 Å². The van der Waals surface area contributed by atoms with E-state index in [4.69, 9.17) is 4.74 Å². The van der Waals surface area contributed by atoms with Gasteiger partial charge in [0, 0.05) is 36.3 Å². The zero-order valence-corrected chi connectivity index (χ0v) is 12.9. The molecular weight excluding hydrogens is 286 g/mol. The molecule has 3 heterocycles. The second-order valence-electron chi connectivity index (χ2n) is 5.95. The van der Waals surface area contributed by atoms with E-state index in [2.05, 4.69) is 45.0 Å². The first-order chi connectivity index (χ1) is 11.4. The van der Waals surface area contributed by atoms with Crippen LogP contribution in [0.3, 0.4) is 0 Å². The van der Waals surface area contributed by atoms with Gasteiger partial charge in [0.25, 0.3) is 0 Å². The van der Waals surface area contributed by atoms with Crippen LogP contribution in [0.4, 0.5) is 0 Å². The van der Waals surface area contributed by atoms with Gasteiger partial charge in [0.2, 0.25) is 0 Å². The Morgan fingerprint density at radius 1 is 1.00 bits per heavy atom. The predicted octanol–water partition coefficient (Wildman–Crippen LogP) is 3.38. The van der Waals surface area contributed by atoms with E-state index >= 15 is 0 Å². The molecular formula is C19H19N3O. The van der Waals surface area contributed by atoms with E-state index in [-0.39, 0.29) is 0 Å². The number of hydrogen-bond acceptors (Lipinski definition) is 3. The molecule has 0 aliphatic carbocycles. The third kappa shape index (κ3) is 2.90. The van der Waals surface area contributed by atoms with E-state index in [0.717, 1.165) is 31.0 Å². The number of benzene rings is 1. The van der Waals surface area contributed by atoms with Crippen LogP contribution >= 0.6 is 0 Å². The monoisotopic (exact) mass is 305 g/mol. The van der Waals surface area contributed by atoms with E-state index < -0.39 is 0 Å². The van der Waals surface area contributed by atoms with Gasteiger partial charge in [0.1, 0.15) is 5.82 Å². The summed E-state index contributed by atoms with van der Waals surface area (Å²) in [5, 5.41) is 0. The Kier molecular flexibility index (Phi) is 3.90. The largest absolute Gasteiger partial charge is 0.379 e. The summed E-state index contributed by atoms with van der Waals surface area (Å²) < 4.78 is 8.06. The average Bonchev–Trinajstić information content (AvgIpc) is 3.25. The lowest BCUT2D eigenvalue weighted by Gasteiger charge is -2.21. The molecule has 1 aliphatic heterocycles. The summed E-state index contributed by atoms with van der Waals surface area (Å²) in [5.74, 6) is 1.47. The SMILES string of the molecule is c1ccc(-c2nccn2[C@@H]2COC[C@H]2Cc2ccncc2)cc1. The third-order valence-electron chi connectivity index (χ3n) is 4.47. The van der Waals surface area contributed by atoms with Crippen molar-refractivity contribution in [3.8, 4) is 11.4 Å². The second kappa shape index (κ2) is 6.34. The predicted molar refractivity (Wildman–Crippen MR) is 89.0 cm³/mol. The number of rotatable bonds is 4. The first-order valence-electron chi connectivity index (χ1n) is 7.97. The maximum absolute atomic E-state index is 5.79. The minimum absolute atomic E-state index is 0.320. The van der Waals surface area contributed by atoms with E-state index in [0.29, 0.717) is 12.0 Å². The molecule has 0 unspecified atom stereocenters. The van der Waals surface area contributed by atoms with Gasteiger partial charge in [-0.05, 0) is 24.1 Å². The highest BCUT2D eigenvalue weighted by Crippen LogP contribution is 2.32. The van der Waals surface area contributed by atoms with E-state index in [1.165, 1.54) is 5.56 Å². The van der Waals surface area contributed by atoms with Crippen molar-refractivity contribution < 1.29 is 4.74 Å². The molecule has 116 valence electrons. The molecule has 1 fully saturated rings. The van der Waals surface area contributed by atoms with Gasteiger partial charge in [0.15, 0.2) is 0 Å². The van der Waals surface area contributed by atoms with Crippen molar-refractivity contribution in [2.75, 3.05) is 13.2 Å². The molecule has 0 radical (unpaired) electrons. The lowest BCUT2D eigenvalue weighted by Crippen LogP contribution is -2.20. The first kappa shape index (κ1) is 14.2. The van der Waals surface area contributed by atoms with Crippen LogP contribution in [0.25, 0.3) is 11.4 Å². The summed E-state index contributed by atoms with van der Waals surface area (Å²) in [7, 11) is 0. The Morgan fingerprint density at radius 3 is 2.65 bits per heavy atom. The lowest BCUT2D eigenvalue weighted by molar-refractivity contribution is 0.181. The van der Waals surface area contributed by atoms with E-state index in [1.54, 1.807) is 0 Å². The number of hydrogen-bond donors (Lipinski definition) is 0. The van der Waals surface area contributed by atoms with Crippen molar-refractivity contribution in [3.63, 3.8) is 0 Å². The fraction of sp³-hybridized carbons (Fsp3) is 0.263. The van der Waals surface area contributed by atoms with Crippen LogP contribution in [0, 0.1) is 5.92 Å². The van der Waals surface area contributed by atoms with Gasteiger partial charge in [-0.1, -0.05) is 30.3 Å². The molecule has 0 amide bonds. The average molecular weight is 305 g/mol. The molecule has 1 aromatic carbocycles. The summed E-state index contributed by atoms with van der Waals surface area (Å²) in [6.07, 6.45) is 8.66. The van der Waals surface area contributed by atoms with Crippen molar-refractivity contribution in [2.24, 2.45) is 5.92 Å². The number of imidazole rings is 1. The molecule has 3 aromatic rings. The zero-order chi connectivity index (χ0) is 15.5. The van der Waals surface area contributed by atoms with Crippen LogP contribution in [0.5, 0.6) is 0 Å². The van der Waals surface area contributed by atoms with Gasteiger partial charge in [-0.3, -0.25) is 4.98 Å². The second-order valence-corrected chi connectivity index (χ2v) is 5.95. The molecule has 4 heteroatoms. The summed E-state index contributed by atoms with van der Waals surface area (Å²) >= 11 is 0. The van der Waals surface area contributed by atoms with Gasteiger partial charge in [0.05, 0.1) is 19.3 Å². The van der Waals surface area contributed by atoms with Crippen LogP contribution in [0.1, 0.15) is 11.6 Å². The highest BCUT2D eigenvalue weighted by molar-refractivity contribution is 5.55. The van der Waals surface area contributed by atoms with E-state index in [9.17, 15) is 0 Å². The quantitative estimate of drug-likeness (QED) is 0.742. The van der Waals surface area contributed by atoms with Crippen molar-refractivity contribution in [3.05, 3.63) is 72.8 Å². The van der Waals surface area contributed by atoms with Crippen LogP contribution in [-0.2, 0) is 11.2 Å². The third-order valence-corrected chi connectivity index (χ3v) is 4.47. The first-order valence-corrected chi connectivity index (χ1v) is 7.97. The van der Waals surface area contributed by atoms with Crippen LogP contribution in [0.2, 0.25) is 0 Å². The topological polar surface area (TPSA) is 39.9 Å². The molecule has 0 spiro atoms. The lowest BCUT2D eigenvalue weighted by atomic mass is 9.95. The Hall–Kier alpha value is -2.46. The van der Waals surface area contributed by atoms with Crippen LogP contribution in [0.15, 0.2) is 67.3 Å². The number of pyridine rings is 1. The maximum Gasteiger partial charge on any atom is 0.140 e. The molecule has 0 saturated carbocycles. The number of nitrogens with zero attached hydrogens (tertiary/aromatic N) is 3. The Balaban J connectivity index is 1.61.